The highest BCUT2D eigenvalue weighted by Crippen LogP contribution is 2.26. The lowest BCUT2D eigenvalue weighted by Crippen LogP contribution is -1.95. The second-order valence-electron chi connectivity index (χ2n) is 5.15. The lowest BCUT2D eigenvalue weighted by molar-refractivity contribution is 0.794. The molecule has 1 aromatic heterocycles. The lowest BCUT2D eigenvalue weighted by atomic mass is 10.2. The molecule has 5 heteroatoms. The molecular formula is C17H16ClN3S. The van der Waals surface area contributed by atoms with Crippen LogP contribution >= 0.6 is 23.4 Å². The molecule has 112 valence electrons. The second kappa shape index (κ2) is 6.55. The molecule has 3 rings (SSSR count). The highest BCUT2D eigenvalue weighted by molar-refractivity contribution is 7.98. The molecule has 1 heterocycles. The van der Waals surface area contributed by atoms with Crippen molar-refractivity contribution in [3.05, 3.63) is 64.7 Å². The first-order valence-corrected chi connectivity index (χ1v) is 8.33. The summed E-state index contributed by atoms with van der Waals surface area (Å²) in [6.45, 7) is 2.09. The zero-order chi connectivity index (χ0) is 15.5. The summed E-state index contributed by atoms with van der Waals surface area (Å²) in [5.74, 6) is 1.70. The summed E-state index contributed by atoms with van der Waals surface area (Å²) in [5, 5.41) is 10.2. The van der Waals surface area contributed by atoms with Crippen molar-refractivity contribution < 1.29 is 0 Å². The van der Waals surface area contributed by atoms with E-state index in [0.29, 0.717) is 5.02 Å². The summed E-state index contributed by atoms with van der Waals surface area (Å²) < 4.78 is 2.00. The minimum absolute atomic E-state index is 0.703. The number of benzene rings is 2. The van der Waals surface area contributed by atoms with E-state index >= 15 is 0 Å². The highest BCUT2D eigenvalue weighted by Gasteiger charge is 2.11. The van der Waals surface area contributed by atoms with Crippen LogP contribution in [0, 0.1) is 6.92 Å². The van der Waals surface area contributed by atoms with Gasteiger partial charge in [0.25, 0.3) is 0 Å². The van der Waals surface area contributed by atoms with Gasteiger partial charge in [0.1, 0.15) is 0 Å². The molecule has 0 amide bonds. The van der Waals surface area contributed by atoms with Crippen LogP contribution in [0.2, 0.25) is 5.02 Å². The molecule has 0 saturated heterocycles. The van der Waals surface area contributed by atoms with E-state index in [1.54, 1.807) is 11.8 Å². The fraction of sp³-hybridized carbons (Fsp3) is 0.176. The molecule has 0 bridgehead atoms. The van der Waals surface area contributed by atoms with E-state index in [9.17, 15) is 0 Å². The van der Waals surface area contributed by atoms with E-state index in [4.69, 9.17) is 11.6 Å². The predicted octanol–water partition coefficient (Wildman–Crippen LogP) is 4.74. The van der Waals surface area contributed by atoms with Crippen molar-refractivity contribution in [3.8, 4) is 11.4 Å². The van der Waals surface area contributed by atoms with Gasteiger partial charge in [-0.05, 0) is 24.6 Å². The smallest absolute Gasteiger partial charge is 0.191 e. The van der Waals surface area contributed by atoms with E-state index in [2.05, 4.69) is 41.4 Å². The molecular weight excluding hydrogens is 314 g/mol. The van der Waals surface area contributed by atoms with Crippen molar-refractivity contribution >= 4 is 23.4 Å². The van der Waals surface area contributed by atoms with E-state index in [1.165, 1.54) is 11.1 Å². The third kappa shape index (κ3) is 3.34. The van der Waals surface area contributed by atoms with Crippen LogP contribution in [0.5, 0.6) is 0 Å². The Balaban J connectivity index is 1.77. The van der Waals surface area contributed by atoms with Gasteiger partial charge in [0, 0.05) is 23.4 Å². The van der Waals surface area contributed by atoms with E-state index in [0.717, 1.165) is 22.3 Å². The van der Waals surface area contributed by atoms with Crippen LogP contribution in [0.1, 0.15) is 11.1 Å². The topological polar surface area (TPSA) is 30.7 Å². The lowest BCUT2D eigenvalue weighted by Gasteiger charge is -2.05. The minimum atomic E-state index is 0.703. The predicted molar refractivity (Wildman–Crippen MR) is 92.2 cm³/mol. The van der Waals surface area contributed by atoms with Crippen LogP contribution in [0.4, 0.5) is 0 Å². The van der Waals surface area contributed by atoms with Crippen molar-refractivity contribution in [1.82, 2.24) is 14.8 Å². The Hall–Kier alpha value is -1.78. The van der Waals surface area contributed by atoms with Crippen molar-refractivity contribution in [2.45, 2.75) is 17.8 Å². The molecule has 2 aromatic carbocycles. The summed E-state index contributed by atoms with van der Waals surface area (Å²) in [4.78, 5) is 0. The maximum absolute atomic E-state index is 6.05. The first-order chi connectivity index (χ1) is 10.6. The van der Waals surface area contributed by atoms with Crippen LogP contribution < -0.4 is 0 Å². The standard InChI is InChI=1S/C17H16ClN3S/c1-12-6-8-13(9-7-12)11-22-17-20-19-16(21(17)2)14-4-3-5-15(18)10-14/h3-10H,11H2,1-2H3. The third-order valence-electron chi connectivity index (χ3n) is 3.41. The Morgan fingerprint density at radius 2 is 1.86 bits per heavy atom. The van der Waals surface area contributed by atoms with Crippen molar-refractivity contribution in [2.75, 3.05) is 0 Å². The first kappa shape index (κ1) is 15.1. The molecule has 3 nitrogen and oxygen atoms in total. The average molecular weight is 330 g/mol. The third-order valence-corrected chi connectivity index (χ3v) is 4.73. The molecule has 0 N–H and O–H groups in total. The fourth-order valence-corrected chi connectivity index (χ4v) is 3.21. The van der Waals surface area contributed by atoms with Crippen LogP contribution in [-0.4, -0.2) is 14.8 Å². The molecule has 3 aromatic rings. The molecule has 0 aliphatic rings. The van der Waals surface area contributed by atoms with Gasteiger partial charge in [0.15, 0.2) is 11.0 Å². The van der Waals surface area contributed by atoms with Crippen molar-refractivity contribution in [1.29, 1.82) is 0 Å². The number of nitrogens with zero attached hydrogens (tertiary/aromatic N) is 3. The number of hydrogen-bond acceptors (Lipinski definition) is 3. The molecule has 22 heavy (non-hydrogen) atoms. The SMILES string of the molecule is Cc1ccc(CSc2nnc(-c3cccc(Cl)c3)n2C)cc1. The minimum Gasteiger partial charge on any atom is -0.305 e. The Kier molecular flexibility index (Phi) is 4.50. The molecule has 0 saturated carbocycles. The van der Waals surface area contributed by atoms with E-state index < -0.39 is 0 Å². The number of aryl methyl sites for hydroxylation is 1. The summed E-state index contributed by atoms with van der Waals surface area (Å²) in [6.07, 6.45) is 0. The summed E-state index contributed by atoms with van der Waals surface area (Å²) in [7, 11) is 1.98. The zero-order valence-corrected chi connectivity index (χ0v) is 14.0. The molecule has 0 aliphatic heterocycles. The summed E-state index contributed by atoms with van der Waals surface area (Å²) >= 11 is 7.73. The van der Waals surface area contributed by atoms with E-state index in [-0.39, 0.29) is 0 Å². The molecule has 0 atom stereocenters. The van der Waals surface area contributed by atoms with Gasteiger partial charge in [-0.25, -0.2) is 0 Å². The quantitative estimate of drug-likeness (QED) is 0.648. The largest absolute Gasteiger partial charge is 0.305 e. The fourth-order valence-electron chi connectivity index (χ4n) is 2.15. The zero-order valence-electron chi connectivity index (χ0n) is 12.5. The maximum Gasteiger partial charge on any atom is 0.191 e. The Labute approximate surface area is 139 Å². The molecule has 0 aliphatic carbocycles. The van der Waals surface area contributed by atoms with Gasteiger partial charge in [-0.2, -0.15) is 0 Å². The van der Waals surface area contributed by atoms with Crippen LogP contribution in [0.15, 0.2) is 53.7 Å². The normalized spacial score (nSPS) is 10.9. The number of thioether (sulfide) groups is 1. The first-order valence-electron chi connectivity index (χ1n) is 6.97. The molecule has 0 fully saturated rings. The van der Waals surface area contributed by atoms with Crippen molar-refractivity contribution in [3.63, 3.8) is 0 Å². The van der Waals surface area contributed by atoms with Gasteiger partial charge in [-0.15, -0.1) is 10.2 Å². The molecule has 0 spiro atoms. The number of rotatable bonds is 4. The van der Waals surface area contributed by atoms with Crippen LogP contribution in [0.25, 0.3) is 11.4 Å². The van der Waals surface area contributed by atoms with Crippen LogP contribution in [-0.2, 0) is 12.8 Å². The van der Waals surface area contributed by atoms with Gasteiger partial charge >= 0.3 is 0 Å². The summed E-state index contributed by atoms with van der Waals surface area (Å²) in [6, 6.07) is 16.2. The van der Waals surface area contributed by atoms with Gasteiger partial charge in [-0.1, -0.05) is 65.3 Å². The monoisotopic (exact) mass is 329 g/mol. The van der Waals surface area contributed by atoms with Gasteiger partial charge < -0.3 is 4.57 Å². The average Bonchev–Trinajstić information content (AvgIpc) is 2.88. The molecule has 0 unspecified atom stereocenters. The van der Waals surface area contributed by atoms with Crippen LogP contribution in [0.3, 0.4) is 0 Å². The number of aromatic nitrogens is 3. The highest BCUT2D eigenvalue weighted by atomic mass is 35.5. The summed E-state index contributed by atoms with van der Waals surface area (Å²) in [5.41, 5.74) is 3.53. The number of hydrogen-bond donors (Lipinski definition) is 0. The van der Waals surface area contributed by atoms with Gasteiger partial charge in [0.05, 0.1) is 0 Å². The second-order valence-corrected chi connectivity index (χ2v) is 6.53. The molecule has 0 radical (unpaired) electrons. The Bertz CT molecular complexity index is 781. The van der Waals surface area contributed by atoms with E-state index in [1.807, 2.05) is 35.9 Å². The van der Waals surface area contributed by atoms with Gasteiger partial charge in [0.2, 0.25) is 0 Å². The Morgan fingerprint density at radius 3 is 2.59 bits per heavy atom. The number of halogens is 1. The maximum atomic E-state index is 6.05. The Morgan fingerprint density at radius 1 is 1.09 bits per heavy atom. The van der Waals surface area contributed by atoms with Gasteiger partial charge in [-0.3, -0.25) is 0 Å². The van der Waals surface area contributed by atoms with Crippen molar-refractivity contribution in [2.24, 2.45) is 7.05 Å².